The van der Waals surface area contributed by atoms with Crippen LogP contribution in [0.3, 0.4) is 0 Å². The number of amides is 1. The summed E-state index contributed by atoms with van der Waals surface area (Å²) in [6.45, 7) is 5.27. The number of methoxy groups -OCH3 is 2. The second kappa shape index (κ2) is 9.36. The quantitative estimate of drug-likeness (QED) is 0.691. The van der Waals surface area contributed by atoms with Crippen LogP contribution in [0.1, 0.15) is 40.7 Å². The number of rotatable bonds is 6. The van der Waals surface area contributed by atoms with E-state index in [2.05, 4.69) is 0 Å². The van der Waals surface area contributed by atoms with Crippen molar-refractivity contribution in [2.24, 2.45) is 5.41 Å². The first-order chi connectivity index (χ1) is 15.5. The minimum Gasteiger partial charge on any atom is -0.493 e. The van der Waals surface area contributed by atoms with Gasteiger partial charge in [-0.3, -0.25) is 9.59 Å². The maximum Gasteiger partial charge on any atom is 0.263 e. The lowest BCUT2D eigenvalue weighted by Crippen LogP contribution is -2.39. The Kier molecular flexibility index (Phi) is 6.55. The van der Waals surface area contributed by atoms with Gasteiger partial charge in [-0.2, -0.15) is 0 Å². The number of nitrogens with zero attached hydrogens (tertiary/aromatic N) is 2. The van der Waals surface area contributed by atoms with Crippen molar-refractivity contribution >= 4 is 5.91 Å². The Bertz CT molecular complexity index is 1040. The van der Waals surface area contributed by atoms with Gasteiger partial charge in [0.15, 0.2) is 11.5 Å². The van der Waals surface area contributed by atoms with E-state index < -0.39 is 0 Å². The van der Waals surface area contributed by atoms with Gasteiger partial charge >= 0.3 is 0 Å². The molecular formula is C25H32N2O5. The van der Waals surface area contributed by atoms with Crippen LogP contribution in [0.5, 0.6) is 11.5 Å². The average molecular weight is 441 g/mol. The number of carbonyl (C=O) groups is 1. The summed E-state index contributed by atoms with van der Waals surface area (Å²) in [6, 6.07) is 7.61. The standard InChI is InChI=1S/C25H32N2O5/c1-18-6-11-26(12-7-19-4-5-20(30-2)21(16-19)31-3)23(28)22(18)24(29)27-13-8-25(17-27)9-14-32-15-10-25/h4-6,11,16H,7-10,12-15,17H2,1-3H3. The minimum absolute atomic E-state index is 0.142. The van der Waals surface area contributed by atoms with Gasteiger partial charge in [0.25, 0.3) is 11.5 Å². The first-order valence-corrected chi connectivity index (χ1v) is 11.2. The molecule has 172 valence electrons. The number of likely N-dealkylation sites (tertiary alicyclic amines) is 1. The summed E-state index contributed by atoms with van der Waals surface area (Å²) < 4.78 is 17.8. The van der Waals surface area contributed by atoms with Gasteiger partial charge < -0.3 is 23.7 Å². The Balaban J connectivity index is 1.50. The fraction of sp³-hybridized carbons (Fsp3) is 0.520. The monoisotopic (exact) mass is 440 g/mol. The molecule has 7 heteroatoms. The number of aromatic nitrogens is 1. The highest BCUT2D eigenvalue weighted by molar-refractivity contribution is 5.95. The molecule has 0 saturated carbocycles. The van der Waals surface area contributed by atoms with Crippen molar-refractivity contribution in [1.29, 1.82) is 0 Å². The molecule has 0 N–H and O–H groups in total. The lowest BCUT2D eigenvalue weighted by molar-refractivity contribution is 0.0190. The molecule has 0 atom stereocenters. The van der Waals surface area contributed by atoms with Crippen LogP contribution >= 0.6 is 0 Å². The van der Waals surface area contributed by atoms with E-state index in [9.17, 15) is 9.59 Å². The molecule has 2 aliphatic rings. The topological polar surface area (TPSA) is 70.0 Å². The zero-order chi connectivity index (χ0) is 22.7. The Morgan fingerprint density at radius 2 is 1.84 bits per heavy atom. The predicted molar refractivity (Wildman–Crippen MR) is 122 cm³/mol. The van der Waals surface area contributed by atoms with Crippen LogP contribution < -0.4 is 15.0 Å². The molecule has 2 aliphatic heterocycles. The number of ether oxygens (including phenoxy) is 3. The third-order valence-corrected chi connectivity index (χ3v) is 6.96. The first kappa shape index (κ1) is 22.4. The third kappa shape index (κ3) is 4.39. The average Bonchev–Trinajstić information content (AvgIpc) is 3.21. The summed E-state index contributed by atoms with van der Waals surface area (Å²) in [5.41, 5.74) is 2.00. The van der Waals surface area contributed by atoms with Crippen molar-refractivity contribution in [3.05, 3.63) is 57.5 Å². The van der Waals surface area contributed by atoms with Crippen LogP contribution in [-0.4, -0.2) is 55.9 Å². The Morgan fingerprint density at radius 3 is 2.56 bits per heavy atom. The maximum atomic E-state index is 13.3. The molecule has 0 bridgehead atoms. The highest BCUT2D eigenvalue weighted by atomic mass is 16.5. The second-order valence-electron chi connectivity index (χ2n) is 8.90. The largest absolute Gasteiger partial charge is 0.493 e. The van der Waals surface area contributed by atoms with Crippen LogP contribution in [0.2, 0.25) is 0 Å². The fourth-order valence-corrected chi connectivity index (χ4v) is 4.87. The van der Waals surface area contributed by atoms with Gasteiger partial charge in [-0.25, -0.2) is 0 Å². The van der Waals surface area contributed by atoms with Gasteiger partial charge in [-0.15, -0.1) is 0 Å². The van der Waals surface area contributed by atoms with E-state index in [1.165, 1.54) is 0 Å². The van der Waals surface area contributed by atoms with E-state index in [0.29, 0.717) is 43.1 Å². The molecule has 2 saturated heterocycles. The van der Waals surface area contributed by atoms with E-state index in [4.69, 9.17) is 14.2 Å². The summed E-state index contributed by atoms with van der Waals surface area (Å²) in [5.74, 6) is 1.19. The molecule has 0 aliphatic carbocycles. The number of carbonyl (C=O) groups excluding carboxylic acids is 1. The number of hydrogen-bond donors (Lipinski definition) is 0. The van der Waals surface area contributed by atoms with Crippen molar-refractivity contribution in [3.63, 3.8) is 0 Å². The molecule has 32 heavy (non-hydrogen) atoms. The number of pyridine rings is 1. The van der Waals surface area contributed by atoms with Gasteiger partial charge in [0.2, 0.25) is 0 Å². The van der Waals surface area contributed by atoms with Crippen molar-refractivity contribution in [1.82, 2.24) is 9.47 Å². The van der Waals surface area contributed by atoms with Crippen LogP contribution in [0, 0.1) is 12.3 Å². The third-order valence-electron chi connectivity index (χ3n) is 6.96. The molecule has 3 heterocycles. The molecular weight excluding hydrogens is 408 g/mol. The summed E-state index contributed by atoms with van der Waals surface area (Å²) in [5, 5.41) is 0. The Labute approximate surface area is 188 Å². The molecule has 1 aromatic carbocycles. The van der Waals surface area contributed by atoms with Crippen LogP contribution in [0.15, 0.2) is 35.3 Å². The second-order valence-corrected chi connectivity index (χ2v) is 8.90. The molecule has 7 nitrogen and oxygen atoms in total. The summed E-state index contributed by atoms with van der Waals surface area (Å²) in [4.78, 5) is 28.5. The normalized spacial score (nSPS) is 17.5. The SMILES string of the molecule is COc1ccc(CCn2ccc(C)c(C(=O)N3CCC4(CCOCC4)C3)c2=O)cc1OC. The molecule has 1 spiro atoms. The van der Waals surface area contributed by atoms with E-state index in [0.717, 1.165) is 43.6 Å². The summed E-state index contributed by atoms with van der Waals surface area (Å²) >= 11 is 0. The molecule has 2 fully saturated rings. The van der Waals surface area contributed by atoms with Crippen LogP contribution in [0.25, 0.3) is 0 Å². The number of hydrogen-bond acceptors (Lipinski definition) is 5. The zero-order valence-electron chi connectivity index (χ0n) is 19.2. The highest BCUT2D eigenvalue weighted by Gasteiger charge is 2.41. The smallest absolute Gasteiger partial charge is 0.263 e. The first-order valence-electron chi connectivity index (χ1n) is 11.2. The van der Waals surface area contributed by atoms with Crippen LogP contribution in [0.4, 0.5) is 0 Å². The predicted octanol–water partition coefficient (Wildman–Crippen LogP) is 3.06. The van der Waals surface area contributed by atoms with E-state index in [1.54, 1.807) is 25.0 Å². The Hall–Kier alpha value is -2.80. The van der Waals surface area contributed by atoms with Gasteiger partial charge in [-0.05, 0) is 67.3 Å². The lowest BCUT2D eigenvalue weighted by Gasteiger charge is -2.33. The van der Waals surface area contributed by atoms with Crippen LogP contribution in [-0.2, 0) is 17.7 Å². The van der Waals surface area contributed by atoms with Gasteiger partial charge in [-0.1, -0.05) is 6.07 Å². The fourth-order valence-electron chi connectivity index (χ4n) is 4.87. The maximum absolute atomic E-state index is 13.3. The Morgan fingerprint density at radius 1 is 1.09 bits per heavy atom. The molecule has 0 unspecified atom stereocenters. The number of benzene rings is 1. The molecule has 1 aromatic heterocycles. The summed E-state index contributed by atoms with van der Waals surface area (Å²) in [7, 11) is 3.21. The lowest BCUT2D eigenvalue weighted by atomic mass is 9.80. The van der Waals surface area contributed by atoms with E-state index in [1.807, 2.05) is 36.1 Å². The minimum atomic E-state index is -0.219. The van der Waals surface area contributed by atoms with E-state index in [-0.39, 0.29) is 16.9 Å². The molecule has 4 rings (SSSR count). The molecule has 0 radical (unpaired) electrons. The molecule has 1 amide bonds. The number of aryl methyl sites for hydroxylation is 3. The van der Waals surface area contributed by atoms with Gasteiger partial charge in [0.1, 0.15) is 5.56 Å². The summed E-state index contributed by atoms with van der Waals surface area (Å²) in [6.07, 6.45) is 5.38. The van der Waals surface area contributed by atoms with Crippen molar-refractivity contribution in [2.45, 2.75) is 39.2 Å². The van der Waals surface area contributed by atoms with Crippen molar-refractivity contribution < 1.29 is 19.0 Å². The van der Waals surface area contributed by atoms with Gasteiger partial charge in [0, 0.05) is 39.0 Å². The highest BCUT2D eigenvalue weighted by Crippen LogP contribution is 2.40. The van der Waals surface area contributed by atoms with Crippen molar-refractivity contribution in [3.8, 4) is 11.5 Å². The molecule has 2 aromatic rings. The van der Waals surface area contributed by atoms with E-state index >= 15 is 0 Å². The van der Waals surface area contributed by atoms with Crippen molar-refractivity contribution in [2.75, 3.05) is 40.5 Å². The van der Waals surface area contributed by atoms with Gasteiger partial charge in [0.05, 0.1) is 14.2 Å². The zero-order valence-corrected chi connectivity index (χ0v) is 19.2.